The molecule has 0 saturated heterocycles. The van der Waals surface area contributed by atoms with Gasteiger partial charge in [0.05, 0.1) is 0 Å². The fourth-order valence-corrected chi connectivity index (χ4v) is 2.10. The molecule has 146 valence electrons. The fraction of sp³-hybridized carbons (Fsp3) is 0.294. The summed E-state index contributed by atoms with van der Waals surface area (Å²) < 4.78 is 0. The Morgan fingerprint density at radius 2 is 1.81 bits per heavy atom. The van der Waals surface area contributed by atoms with Crippen molar-refractivity contribution < 1.29 is 9.90 Å². The number of phenolic OH excluding ortho intramolecular Hbond substituents is 1. The normalized spacial score (nSPS) is 10.7. The molecule has 0 aliphatic carbocycles. The molecular weight excluding hydrogens is 370 g/mol. The summed E-state index contributed by atoms with van der Waals surface area (Å²) in [7, 11) is 0. The largest absolute Gasteiger partial charge is 0.508 e. The number of halogens is 1. The van der Waals surface area contributed by atoms with Crippen LogP contribution in [0.4, 0.5) is 11.6 Å². The number of carbonyl (C=O) groups excluding carboxylic acids is 1. The Kier molecular flexibility index (Phi) is 8.80. The molecule has 0 aliphatic rings. The van der Waals surface area contributed by atoms with Crippen LogP contribution in [0.5, 0.6) is 5.75 Å². The Morgan fingerprint density at radius 1 is 1.19 bits per heavy atom. The van der Waals surface area contributed by atoms with Gasteiger partial charge in [-0.2, -0.15) is 0 Å². The number of aromatic hydroxyl groups is 1. The third kappa shape index (κ3) is 6.98. The van der Waals surface area contributed by atoms with Crippen LogP contribution in [-0.4, -0.2) is 33.5 Å². The number of amides is 1. The Balaban J connectivity index is 0.00000176. The average Bonchev–Trinajstić information content (AvgIpc) is 2.65. The highest BCUT2D eigenvalue weighted by molar-refractivity contribution is 6.31. The van der Waals surface area contributed by atoms with Crippen LogP contribution >= 0.6 is 11.6 Å². The first-order valence-corrected chi connectivity index (χ1v) is 8.72. The lowest BCUT2D eigenvalue weighted by atomic mass is 10.1. The maximum Gasteiger partial charge on any atom is 0.280 e. The monoisotopic (exact) mass is 393 g/mol. The van der Waals surface area contributed by atoms with Gasteiger partial charge in [-0.15, -0.1) is 0 Å². The quantitative estimate of drug-likeness (QED) is 0.293. The Bertz CT molecular complexity index is 795. The first-order chi connectivity index (χ1) is 12.9. The van der Waals surface area contributed by atoms with Gasteiger partial charge in [-0.1, -0.05) is 37.6 Å². The number of nitrogens with one attached hydrogen (secondary N) is 1. The Labute approximate surface area is 162 Å². The highest BCUT2D eigenvalue weighted by Crippen LogP contribution is 2.17. The number of aryl methyl sites for hydroxylation is 1. The number of phenols is 1. The summed E-state index contributed by atoms with van der Waals surface area (Å²) in [5.74, 6) is -0.735. The van der Waals surface area contributed by atoms with Crippen molar-refractivity contribution in [1.29, 1.82) is 0 Å². The number of nitrogens with two attached hydrogens (primary N) is 3. The predicted molar refractivity (Wildman–Crippen MR) is 108 cm³/mol. The molecule has 10 heteroatoms. The molecule has 0 atom stereocenters. The smallest absolute Gasteiger partial charge is 0.280 e. The number of nitrogens with zero attached hydrogens (tertiary/aromatic N) is 3. The number of hydrogen-bond acceptors (Lipinski definition) is 7. The zero-order chi connectivity index (χ0) is 20.4. The minimum atomic E-state index is -0.674. The van der Waals surface area contributed by atoms with Gasteiger partial charge in [0.15, 0.2) is 28.4 Å². The van der Waals surface area contributed by atoms with E-state index in [1.54, 1.807) is 12.1 Å². The molecule has 2 rings (SSSR count). The third-order valence-corrected chi connectivity index (χ3v) is 3.48. The maximum atomic E-state index is 12.0. The molecule has 0 fully saturated rings. The van der Waals surface area contributed by atoms with E-state index < -0.39 is 5.91 Å². The van der Waals surface area contributed by atoms with Crippen LogP contribution in [0.3, 0.4) is 0 Å². The second kappa shape index (κ2) is 10.8. The lowest BCUT2D eigenvalue weighted by Crippen LogP contribution is -2.38. The van der Waals surface area contributed by atoms with Crippen molar-refractivity contribution in [1.82, 2.24) is 15.3 Å². The number of hydrogen-bond donors (Lipinski definition) is 5. The van der Waals surface area contributed by atoms with Gasteiger partial charge in [-0.05, 0) is 30.5 Å². The van der Waals surface area contributed by atoms with Crippen LogP contribution in [0.15, 0.2) is 29.3 Å². The van der Waals surface area contributed by atoms with Crippen molar-refractivity contribution in [3.63, 3.8) is 0 Å². The van der Waals surface area contributed by atoms with E-state index >= 15 is 0 Å². The SMILES string of the molecule is CC.NC(=NCCCc1ccc(O)cc1)NC(=O)c1nc(Cl)c(N)nc1N. The number of carbonyl (C=O) groups is 1. The summed E-state index contributed by atoms with van der Waals surface area (Å²) in [4.78, 5) is 23.6. The number of benzene rings is 1. The van der Waals surface area contributed by atoms with E-state index in [-0.39, 0.29) is 34.2 Å². The summed E-state index contributed by atoms with van der Waals surface area (Å²) in [5.41, 5.74) is 17.6. The van der Waals surface area contributed by atoms with Crippen molar-refractivity contribution in [3.8, 4) is 5.75 Å². The van der Waals surface area contributed by atoms with Crippen molar-refractivity contribution in [2.75, 3.05) is 18.0 Å². The van der Waals surface area contributed by atoms with Crippen LogP contribution in [-0.2, 0) is 6.42 Å². The van der Waals surface area contributed by atoms with Crippen molar-refractivity contribution >= 4 is 35.1 Å². The van der Waals surface area contributed by atoms with E-state index in [1.807, 2.05) is 26.0 Å². The molecular formula is C17H24ClN7O2. The van der Waals surface area contributed by atoms with Gasteiger partial charge in [0.2, 0.25) is 0 Å². The Hall–Kier alpha value is -3.07. The molecule has 1 aromatic heterocycles. The van der Waals surface area contributed by atoms with Gasteiger partial charge in [-0.3, -0.25) is 15.1 Å². The molecule has 8 N–H and O–H groups in total. The van der Waals surface area contributed by atoms with Crippen LogP contribution in [0, 0.1) is 0 Å². The first kappa shape index (κ1) is 22.0. The summed E-state index contributed by atoms with van der Waals surface area (Å²) >= 11 is 5.73. The molecule has 9 nitrogen and oxygen atoms in total. The summed E-state index contributed by atoms with van der Waals surface area (Å²) in [6.07, 6.45) is 1.48. The molecule has 27 heavy (non-hydrogen) atoms. The lowest BCUT2D eigenvalue weighted by Gasteiger charge is -2.07. The van der Waals surface area contributed by atoms with Gasteiger partial charge in [0.1, 0.15) is 5.75 Å². The van der Waals surface area contributed by atoms with Gasteiger partial charge in [0, 0.05) is 6.54 Å². The molecule has 1 amide bonds. The van der Waals surface area contributed by atoms with E-state index in [9.17, 15) is 9.90 Å². The van der Waals surface area contributed by atoms with Gasteiger partial charge in [0.25, 0.3) is 5.91 Å². The molecule has 0 saturated carbocycles. The Morgan fingerprint density at radius 3 is 2.44 bits per heavy atom. The number of guanidine groups is 1. The standard InChI is InChI=1S/C15H18ClN7O2.C2H6/c16-11-13(18)22-12(17)10(21-11)14(25)23-15(19)20-7-1-2-8-3-5-9(24)6-4-8;1-2/h3-6,24H,1-2,7H2,(H4,17,18,22)(H3,19,20,23,25);1-2H3. The number of aromatic nitrogens is 2. The second-order valence-electron chi connectivity index (χ2n) is 5.12. The van der Waals surface area contributed by atoms with E-state index in [2.05, 4.69) is 20.3 Å². The van der Waals surface area contributed by atoms with Crippen LogP contribution in [0.1, 0.15) is 36.3 Å². The molecule has 0 aliphatic heterocycles. The zero-order valence-electron chi connectivity index (χ0n) is 15.2. The van der Waals surface area contributed by atoms with E-state index in [4.69, 9.17) is 28.8 Å². The molecule has 0 radical (unpaired) electrons. The number of aliphatic imine (C=N–C) groups is 1. The summed E-state index contributed by atoms with van der Waals surface area (Å²) in [6, 6.07) is 6.90. The van der Waals surface area contributed by atoms with Crippen LogP contribution in [0.25, 0.3) is 0 Å². The van der Waals surface area contributed by atoms with Gasteiger partial charge >= 0.3 is 0 Å². The van der Waals surface area contributed by atoms with Crippen molar-refractivity contribution in [3.05, 3.63) is 40.7 Å². The van der Waals surface area contributed by atoms with Gasteiger partial charge in [-0.25, -0.2) is 9.97 Å². The van der Waals surface area contributed by atoms with E-state index in [1.165, 1.54) is 0 Å². The molecule has 2 aromatic rings. The second-order valence-corrected chi connectivity index (χ2v) is 5.48. The first-order valence-electron chi connectivity index (χ1n) is 8.34. The van der Waals surface area contributed by atoms with E-state index in [0.717, 1.165) is 18.4 Å². The van der Waals surface area contributed by atoms with Gasteiger partial charge < -0.3 is 22.3 Å². The molecule has 1 heterocycles. The van der Waals surface area contributed by atoms with Crippen molar-refractivity contribution in [2.24, 2.45) is 10.7 Å². The molecule has 1 aromatic carbocycles. The minimum absolute atomic E-state index is 0.0633. The third-order valence-electron chi connectivity index (χ3n) is 3.20. The lowest BCUT2D eigenvalue weighted by molar-refractivity contribution is 0.0972. The molecule has 0 spiro atoms. The summed E-state index contributed by atoms with van der Waals surface area (Å²) in [5, 5.41) is 11.5. The van der Waals surface area contributed by atoms with E-state index in [0.29, 0.717) is 6.54 Å². The average molecular weight is 394 g/mol. The number of anilines is 2. The topological polar surface area (TPSA) is 166 Å². The van der Waals surface area contributed by atoms with Crippen LogP contribution in [0.2, 0.25) is 5.15 Å². The highest BCUT2D eigenvalue weighted by atomic mass is 35.5. The number of rotatable bonds is 5. The number of nitrogen functional groups attached to an aromatic ring is 2. The maximum absolute atomic E-state index is 12.0. The van der Waals surface area contributed by atoms with Crippen LogP contribution < -0.4 is 22.5 Å². The predicted octanol–water partition coefficient (Wildman–Crippen LogP) is 1.70. The van der Waals surface area contributed by atoms with Crippen molar-refractivity contribution in [2.45, 2.75) is 26.7 Å². The highest BCUT2D eigenvalue weighted by Gasteiger charge is 2.16. The minimum Gasteiger partial charge on any atom is -0.508 e. The molecule has 0 bridgehead atoms. The summed E-state index contributed by atoms with van der Waals surface area (Å²) in [6.45, 7) is 4.41. The molecule has 0 unspecified atom stereocenters. The zero-order valence-corrected chi connectivity index (χ0v) is 16.0. The fourth-order valence-electron chi connectivity index (χ4n) is 1.97.